The molecule has 1 fully saturated rings. The van der Waals surface area contributed by atoms with Crippen LogP contribution in [0.3, 0.4) is 0 Å². The van der Waals surface area contributed by atoms with E-state index in [0.717, 1.165) is 0 Å². The van der Waals surface area contributed by atoms with E-state index in [2.05, 4.69) is 10.6 Å². The number of carbonyl (C=O) groups is 1. The molecule has 116 valence electrons. The van der Waals surface area contributed by atoms with Gasteiger partial charge in [0.25, 0.3) is 0 Å². The van der Waals surface area contributed by atoms with Crippen molar-refractivity contribution in [2.45, 2.75) is 11.0 Å². The second kappa shape index (κ2) is 6.85. The van der Waals surface area contributed by atoms with E-state index < -0.39 is 16.1 Å². The van der Waals surface area contributed by atoms with E-state index in [1.54, 1.807) is 6.07 Å². The van der Waals surface area contributed by atoms with Gasteiger partial charge in [0.05, 0.1) is 30.8 Å². The zero-order chi connectivity index (χ0) is 15.3. The minimum Gasteiger partial charge on any atom is -0.376 e. The van der Waals surface area contributed by atoms with E-state index in [1.165, 1.54) is 18.2 Å². The van der Waals surface area contributed by atoms with Crippen molar-refractivity contribution < 1.29 is 22.7 Å². The van der Waals surface area contributed by atoms with Crippen LogP contribution in [0.5, 0.6) is 0 Å². The number of hydrogen-bond acceptors (Lipinski definition) is 5. The van der Waals surface area contributed by atoms with E-state index in [1.807, 2.05) is 0 Å². The molecule has 21 heavy (non-hydrogen) atoms. The molecule has 1 atom stereocenters. The SMILES string of the molecule is NS(=O)(=O)c1cccc(NC(=O)NCC2COCCO2)c1. The van der Waals surface area contributed by atoms with Crippen molar-refractivity contribution in [3.63, 3.8) is 0 Å². The Morgan fingerprint density at radius 3 is 2.86 bits per heavy atom. The predicted molar refractivity (Wildman–Crippen MR) is 75.4 cm³/mol. The van der Waals surface area contributed by atoms with Crippen molar-refractivity contribution >= 4 is 21.7 Å². The van der Waals surface area contributed by atoms with Gasteiger partial charge < -0.3 is 20.1 Å². The first-order chi connectivity index (χ1) is 9.95. The highest BCUT2D eigenvalue weighted by Gasteiger charge is 2.15. The molecule has 0 aliphatic carbocycles. The van der Waals surface area contributed by atoms with Crippen molar-refractivity contribution in [2.24, 2.45) is 5.14 Å². The van der Waals surface area contributed by atoms with Crippen molar-refractivity contribution in [1.29, 1.82) is 0 Å². The first-order valence-corrected chi connectivity index (χ1v) is 7.87. The highest BCUT2D eigenvalue weighted by Crippen LogP contribution is 2.13. The zero-order valence-corrected chi connectivity index (χ0v) is 12.1. The van der Waals surface area contributed by atoms with Crippen LogP contribution in [0.2, 0.25) is 0 Å². The summed E-state index contributed by atoms with van der Waals surface area (Å²) in [4.78, 5) is 11.7. The number of benzene rings is 1. The Labute approximate surface area is 122 Å². The van der Waals surface area contributed by atoms with E-state index in [9.17, 15) is 13.2 Å². The lowest BCUT2D eigenvalue weighted by atomic mass is 10.3. The number of carbonyl (C=O) groups excluding carboxylic acids is 1. The number of rotatable bonds is 4. The standard InChI is InChI=1S/C12H17N3O5S/c13-21(17,18)11-3-1-2-9(6-11)15-12(16)14-7-10-8-19-4-5-20-10/h1-3,6,10H,4-5,7-8H2,(H2,13,17,18)(H2,14,15,16). The molecule has 1 aromatic rings. The summed E-state index contributed by atoms with van der Waals surface area (Å²) in [6.07, 6.45) is -0.180. The number of amides is 2. The highest BCUT2D eigenvalue weighted by molar-refractivity contribution is 7.89. The lowest BCUT2D eigenvalue weighted by Gasteiger charge is -2.23. The average molecular weight is 315 g/mol. The van der Waals surface area contributed by atoms with E-state index in [0.29, 0.717) is 32.1 Å². The number of urea groups is 1. The monoisotopic (exact) mass is 315 g/mol. The van der Waals surface area contributed by atoms with Crippen LogP contribution in [0.1, 0.15) is 0 Å². The van der Waals surface area contributed by atoms with Gasteiger partial charge in [-0.2, -0.15) is 0 Å². The molecule has 2 amide bonds. The van der Waals surface area contributed by atoms with Crippen LogP contribution >= 0.6 is 0 Å². The molecule has 1 aliphatic heterocycles. The van der Waals surface area contributed by atoms with Crippen LogP contribution < -0.4 is 15.8 Å². The number of primary sulfonamides is 1. The fourth-order valence-corrected chi connectivity index (χ4v) is 2.35. The smallest absolute Gasteiger partial charge is 0.319 e. The Kier molecular flexibility index (Phi) is 5.12. The van der Waals surface area contributed by atoms with Crippen LogP contribution in [-0.4, -0.2) is 46.9 Å². The first kappa shape index (κ1) is 15.7. The second-order valence-corrected chi connectivity index (χ2v) is 6.04. The van der Waals surface area contributed by atoms with Crippen LogP contribution in [0.15, 0.2) is 29.2 Å². The van der Waals surface area contributed by atoms with Gasteiger partial charge in [0.2, 0.25) is 10.0 Å². The highest BCUT2D eigenvalue weighted by atomic mass is 32.2. The lowest BCUT2D eigenvalue weighted by molar-refractivity contribution is -0.0852. The summed E-state index contributed by atoms with van der Waals surface area (Å²) < 4.78 is 33.0. The van der Waals surface area contributed by atoms with Gasteiger partial charge in [-0.15, -0.1) is 0 Å². The molecule has 0 aromatic heterocycles. The topological polar surface area (TPSA) is 120 Å². The Hall–Kier alpha value is -1.68. The molecular formula is C12H17N3O5S. The van der Waals surface area contributed by atoms with E-state index in [-0.39, 0.29) is 11.0 Å². The first-order valence-electron chi connectivity index (χ1n) is 6.32. The summed E-state index contributed by atoms with van der Waals surface area (Å²) in [6.45, 7) is 1.80. The number of ether oxygens (including phenoxy) is 2. The number of sulfonamides is 1. The Bertz CT molecular complexity index is 599. The van der Waals surface area contributed by atoms with Crippen molar-refractivity contribution in [3.05, 3.63) is 24.3 Å². The fraction of sp³-hybridized carbons (Fsp3) is 0.417. The maximum atomic E-state index is 11.7. The van der Waals surface area contributed by atoms with Gasteiger partial charge in [0.1, 0.15) is 0 Å². The molecule has 1 saturated heterocycles. The average Bonchev–Trinajstić information content (AvgIpc) is 2.46. The summed E-state index contributed by atoms with van der Waals surface area (Å²) >= 11 is 0. The molecule has 8 nitrogen and oxygen atoms in total. The van der Waals surface area contributed by atoms with Crippen LogP contribution in [0.4, 0.5) is 10.5 Å². The molecule has 1 aromatic carbocycles. The van der Waals surface area contributed by atoms with E-state index >= 15 is 0 Å². The van der Waals surface area contributed by atoms with Gasteiger partial charge in [-0.1, -0.05) is 6.07 Å². The second-order valence-electron chi connectivity index (χ2n) is 4.48. The molecule has 1 aliphatic rings. The molecule has 1 unspecified atom stereocenters. The van der Waals surface area contributed by atoms with Crippen molar-refractivity contribution in [3.8, 4) is 0 Å². The number of nitrogens with one attached hydrogen (secondary N) is 2. The fourth-order valence-electron chi connectivity index (χ4n) is 1.79. The summed E-state index contributed by atoms with van der Waals surface area (Å²) in [5, 5.41) is 10.2. The van der Waals surface area contributed by atoms with Crippen LogP contribution in [0.25, 0.3) is 0 Å². The van der Waals surface area contributed by atoms with E-state index in [4.69, 9.17) is 14.6 Å². The van der Waals surface area contributed by atoms with Gasteiger partial charge in [0, 0.05) is 12.2 Å². The lowest BCUT2D eigenvalue weighted by Crippen LogP contribution is -2.41. The third kappa shape index (κ3) is 4.97. The molecule has 2 rings (SSSR count). The predicted octanol–water partition coefficient (Wildman–Crippen LogP) is -0.129. The molecule has 4 N–H and O–H groups in total. The van der Waals surface area contributed by atoms with Gasteiger partial charge in [0.15, 0.2) is 0 Å². The summed E-state index contributed by atoms with van der Waals surface area (Å²) in [7, 11) is -3.80. The summed E-state index contributed by atoms with van der Waals surface area (Å²) in [6, 6.07) is 5.23. The molecule has 0 spiro atoms. The molecule has 0 saturated carbocycles. The van der Waals surface area contributed by atoms with Crippen LogP contribution in [-0.2, 0) is 19.5 Å². The number of nitrogens with two attached hydrogens (primary N) is 1. The normalized spacial score (nSPS) is 19.0. The quantitative estimate of drug-likeness (QED) is 0.715. The minimum atomic E-state index is -3.80. The largest absolute Gasteiger partial charge is 0.376 e. The summed E-state index contributed by atoms with van der Waals surface area (Å²) in [5.74, 6) is 0. The molecular weight excluding hydrogens is 298 g/mol. The molecule has 0 radical (unpaired) electrons. The van der Waals surface area contributed by atoms with Gasteiger partial charge >= 0.3 is 6.03 Å². The molecule has 0 bridgehead atoms. The minimum absolute atomic E-state index is 0.0655. The zero-order valence-electron chi connectivity index (χ0n) is 11.2. The van der Waals surface area contributed by atoms with Gasteiger partial charge in [-0.3, -0.25) is 0 Å². The molecule has 1 heterocycles. The van der Waals surface area contributed by atoms with Crippen LogP contribution in [0, 0.1) is 0 Å². The Balaban J connectivity index is 1.87. The van der Waals surface area contributed by atoms with Gasteiger partial charge in [-0.25, -0.2) is 18.4 Å². The Morgan fingerprint density at radius 1 is 1.38 bits per heavy atom. The number of anilines is 1. The van der Waals surface area contributed by atoms with Crippen molar-refractivity contribution in [1.82, 2.24) is 5.32 Å². The summed E-state index contributed by atoms with van der Waals surface area (Å²) in [5.41, 5.74) is 0.333. The third-order valence-electron chi connectivity index (χ3n) is 2.80. The number of hydrogen-bond donors (Lipinski definition) is 3. The maximum absolute atomic E-state index is 11.7. The Morgan fingerprint density at radius 2 is 2.19 bits per heavy atom. The van der Waals surface area contributed by atoms with Crippen molar-refractivity contribution in [2.75, 3.05) is 31.7 Å². The maximum Gasteiger partial charge on any atom is 0.319 e. The van der Waals surface area contributed by atoms with Gasteiger partial charge in [-0.05, 0) is 18.2 Å². The third-order valence-corrected chi connectivity index (χ3v) is 3.71. The molecule has 9 heteroatoms.